The minimum atomic E-state index is -0.822. The number of benzene rings is 1. The normalized spacial score (nSPS) is 17.9. The second-order valence-electron chi connectivity index (χ2n) is 5.89. The van der Waals surface area contributed by atoms with E-state index in [4.69, 9.17) is 0 Å². The van der Waals surface area contributed by atoms with Gasteiger partial charge in [-0.1, -0.05) is 6.92 Å². The number of nitrogens with zero attached hydrogens (tertiary/aromatic N) is 1. The summed E-state index contributed by atoms with van der Waals surface area (Å²) in [6.45, 7) is 4.62. The molecule has 0 atom stereocenters. The number of amides is 1. The average Bonchev–Trinajstić information content (AvgIpc) is 2.50. The van der Waals surface area contributed by atoms with Gasteiger partial charge in [0.25, 0.3) is 5.91 Å². The quantitative estimate of drug-likeness (QED) is 0.932. The van der Waals surface area contributed by atoms with E-state index in [2.05, 4.69) is 0 Å². The Hall–Kier alpha value is -1.49. The maximum Gasteiger partial charge on any atom is 0.256 e. The van der Waals surface area contributed by atoms with Crippen LogP contribution in [0.4, 0.5) is 8.78 Å². The van der Waals surface area contributed by atoms with E-state index in [-0.39, 0.29) is 23.1 Å². The third kappa shape index (κ3) is 3.07. The molecule has 0 radical (unpaired) electrons. The second-order valence-corrected chi connectivity index (χ2v) is 5.89. The number of aliphatic hydroxyl groups is 1. The van der Waals surface area contributed by atoms with Crippen molar-refractivity contribution in [2.45, 2.75) is 33.1 Å². The fourth-order valence-electron chi connectivity index (χ4n) is 2.80. The van der Waals surface area contributed by atoms with Gasteiger partial charge in [-0.15, -0.1) is 0 Å². The zero-order valence-electron chi connectivity index (χ0n) is 12.5. The van der Waals surface area contributed by atoms with Gasteiger partial charge in [-0.05, 0) is 43.2 Å². The predicted molar refractivity (Wildman–Crippen MR) is 76.0 cm³/mol. The minimum Gasteiger partial charge on any atom is -0.396 e. The summed E-state index contributed by atoms with van der Waals surface area (Å²) in [7, 11) is 0. The van der Waals surface area contributed by atoms with Crippen molar-refractivity contribution in [1.82, 2.24) is 4.90 Å². The zero-order chi connectivity index (χ0) is 15.6. The topological polar surface area (TPSA) is 40.5 Å². The molecule has 0 bridgehead atoms. The van der Waals surface area contributed by atoms with Crippen molar-refractivity contribution in [2.75, 3.05) is 19.7 Å². The molecule has 1 aliphatic rings. The molecule has 0 spiro atoms. The summed E-state index contributed by atoms with van der Waals surface area (Å²) < 4.78 is 27.1. The van der Waals surface area contributed by atoms with E-state index in [0.717, 1.165) is 12.5 Å². The molecule has 1 N–H and O–H groups in total. The number of carbonyl (C=O) groups is 1. The average molecular weight is 297 g/mol. The van der Waals surface area contributed by atoms with E-state index in [1.165, 1.54) is 13.0 Å². The van der Waals surface area contributed by atoms with Crippen LogP contribution in [0.5, 0.6) is 0 Å². The van der Waals surface area contributed by atoms with Crippen molar-refractivity contribution >= 4 is 5.91 Å². The van der Waals surface area contributed by atoms with E-state index in [1.807, 2.05) is 6.92 Å². The van der Waals surface area contributed by atoms with Gasteiger partial charge in [-0.2, -0.15) is 0 Å². The molecule has 1 fully saturated rings. The summed E-state index contributed by atoms with van der Waals surface area (Å²) in [6, 6.07) is 2.03. The maximum absolute atomic E-state index is 13.8. The highest BCUT2D eigenvalue weighted by Gasteiger charge is 2.34. The number of aliphatic hydroxyl groups excluding tert-OH is 1. The Morgan fingerprint density at radius 3 is 2.43 bits per heavy atom. The molecular formula is C16H21F2NO2. The van der Waals surface area contributed by atoms with Crippen LogP contribution >= 0.6 is 0 Å². The van der Waals surface area contributed by atoms with Crippen molar-refractivity contribution in [3.8, 4) is 0 Å². The Labute approximate surface area is 123 Å². The Morgan fingerprint density at radius 1 is 1.29 bits per heavy atom. The molecule has 2 rings (SSSR count). The maximum atomic E-state index is 13.8. The van der Waals surface area contributed by atoms with Crippen LogP contribution in [0.1, 0.15) is 42.1 Å². The van der Waals surface area contributed by atoms with Gasteiger partial charge in [0.2, 0.25) is 0 Å². The lowest BCUT2D eigenvalue weighted by Crippen LogP contribution is -2.44. The number of aryl methyl sites for hydroxylation is 1. The fraction of sp³-hybridized carbons (Fsp3) is 0.562. The van der Waals surface area contributed by atoms with Gasteiger partial charge in [-0.25, -0.2) is 8.78 Å². The van der Waals surface area contributed by atoms with Crippen molar-refractivity contribution in [3.63, 3.8) is 0 Å². The predicted octanol–water partition coefficient (Wildman–Crippen LogP) is 2.90. The summed E-state index contributed by atoms with van der Waals surface area (Å²) in [6.07, 6.45) is 2.26. The van der Waals surface area contributed by atoms with Crippen molar-refractivity contribution in [2.24, 2.45) is 5.41 Å². The summed E-state index contributed by atoms with van der Waals surface area (Å²) in [5.41, 5.74) is 0.0468. The van der Waals surface area contributed by atoms with E-state index >= 15 is 0 Å². The smallest absolute Gasteiger partial charge is 0.256 e. The molecule has 1 aromatic carbocycles. The molecule has 1 aliphatic heterocycles. The Morgan fingerprint density at radius 2 is 1.90 bits per heavy atom. The van der Waals surface area contributed by atoms with Crippen LogP contribution < -0.4 is 0 Å². The first kappa shape index (κ1) is 15.9. The van der Waals surface area contributed by atoms with Gasteiger partial charge < -0.3 is 10.0 Å². The van der Waals surface area contributed by atoms with E-state index in [0.29, 0.717) is 25.9 Å². The largest absolute Gasteiger partial charge is 0.396 e. The molecule has 1 aromatic rings. The molecule has 0 aromatic heterocycles. The van der Waals surface area contributed by atoms with E-state index in [9.17, 15) is 18.7 Å². The standard InChI is InChI=1S/C16H21F2NO2/c1-3-16(10-20)4-6-19(7-5-16)15(21)12-8-11(2)13(17)9-14(12)18/h8-9,20H,3-7,10H2,1-2H3. The van der Waals surface area contributed by atoms with Gasteiger partial charge in [0.1, 0.15) is 11.6 Å². The minimum absolute atomic E-state index is 0.0816. The summed E-state index contributed by atoms with van der Waals surface area (Å²) >= 11 is 0. The Kier molecular flexibility index (Phi) is 4.61. The lowest BCUT2D eigenvalue weighted by Gasteiger charge is -2.40. The van der Waals surface area contributed by atoms with Gasteiger partial charge in [0.05, 0.1) is 5.56 Å². The summed E-state index contributed by atoms with van der Waals surface area (Å²) in [5.74, 6) is -1.87. The summed E-state index contributed by atoms with van der Waals surface area (Å²) in [5, 5.41) is 9.49. The first-order valence-corrected chi connectivity index (χ1v) is 7.28. The monoisotopic (exact) mass is 297 g/mol. The molecule has 1 heterocycles. The Bertz CT molecular complexity index is 531. The number of hydrogen-bond acceptors (Lipinski definition) is 2. The third-order valence-electron chi connectivity index (χ3n) is 4.68. The van der Waals surface area contributed by atoms with Crippen molar-refractivity contribution in [3.05, 3.63) is 34.9 Å². The second kappa shape index (κ2) is 6.10. The number of rotatable bonds is 3. The third-order valence-corrected chi connectivity index (χ3v) is 4.68. The van der Waals surface area contributed by atoms with Gasteiger partial charge in [-0.3, -0.25) is 4.79 Å². The van der Waals surface area contributed by atoms with Crippen LogP contribution in [-0.2, 0) is 0 Å². The number of piperidine rings is 1. The first-order chi connectivity index (χ1) is 9.92. The van der Waals surface area contributed by atoms with Crippen LogP contribution in [0.25, 0.3) is 0 Å². The van der Waals surface area contributed by atoms with Crippen LogP contribution in [-0.4, -0.2) is 35.6 Å². The van der Waals surface area contributed by atoms with Crippen LogP contribution in [0.2, 0.25) is 0 Å². The molecule has 3 nitrogen and oxygen atoms in total. The molecular weight excluding hydrogens is 276 g/mol. The number of likely N-dealkylation sites (tertiary alicyclic amines) is 1. The molecule has 116 valence electrons. The highest BCUT2D eigenvalue weighted by atomic mass is 19.1. The van der Waals surface area contributed by atoms with E-state index < -0.39 is 17.5 Å². The van der Waals surface area contributed by atoms with Crippen LogP contribution in [0.3, 0.4) is 0 Å². The molecule has 1 amide bonds. The van der Waals surface area contributed by atoms with Crippen LogP contribution in [0, 0.1) is 24.0 Å². The van der Waals surface area contributed by atoms with Crippen molar-refractivity contribution in [1.29, 1.82) is 0 Å². The first-order valence-electron chi connectivity index (χ1n) is 7.28. The summed E-state index contributed by atoms with van der Waals surface area (Å²) in [4.78, 5) is 14.0. The van der Waals surface area contributed by atoms with Crippen LogP contribution in [0.15, 0.2) is 12.1 Å². The Balaban J connectivity index is 2.14. The highest BCUT2D eigenvalue weighted by molar-refractivity contribution is 5.94. The van der Waals surface area contributed by atoms with Gasteiger partial charge in [0, 0.05) is 25.8 Å². The number of carbonyl (C=O) groups excluding carboxylic acids is 1. The van der Waals surface area contributed by atoms with E-state index in [1.54, 1.807) is 4.90 Å². The molecule has 0 saturated carbocycles. The molecule has 1 saturated heterocycles. The SMILES string of the molecule is CCC1(CO)CCN(C(=O)c2cc(C)c(F)cc2F)CC1. The van der Waals surface area contributed by atoms with Gasteiger partial charge in [0.15, 0.2) is 0 Å². The zero-order valence-corrected chi connectivity index (χ0v) is 12.5. The number of halogens is 2. The lowest BCUT2D eigenvalue weighted by molar-refractivity contribution is 0.0335. The molecule has 0 aliphatic carbocycles. The van der Waals surface area contributed by atoms with Gasteiger partial charge >= 0.3 is 0 Å². The molecule has 21 heavy (non-hydrogen) atoms. The lowest BCUT2D eigenvalue weighted by atomic mass is 9.77. The molecule has 0 unspecified atom stereocenters. The molecule has 5 heteroatoms. The highest BCUT2D eigenvalue weighted by Crippen LogP contribution is 2.34. The van der Waals surface area contributed by atoms with Crippen molar-refractivity contribution < 1.29 is 18.7 Å². The fourth-order valence-corrected chi connectivity index (χ4v) is 2.80. The number of hydrogen-bond donors (Lipinski definition) is 1.